The number of hydrogen-bond acceptors (Lipinski definition) is 8. The number of piperidine rings is 1. The highest BCUT2D eigenvalue weighted by Crippen LogP contribution is 2.58. The SMILES string of the molecule is Cc1ccc2c(NC(=O)C3CC4(CCC4)C3)cccc2c1Oc1ncccc1-c1ccnc(N[C@H]2CCCN(C(=O)OC(C)(C)C)C2)n1. The van der Waals surface area contributed by atoms with E-state index in [1.165, 1.54) is 19.3 Å². The molecule has 2 saturated carbocycles. The summed E-state index contributed by atoms with van der Waals surface area (Å²) in [6, 6.07) is 15.6. The maximum absolute atomic E-state index is 13.2. The predicted molar refractivity (Wildman–Crippen MR) is 186 cm³/mol. The fraction of sp³-hybridized carbons (Fsp3) is 0.447. The number of nitrogens with one attached hydrogen (secondary N) is 2. The first kappa shape index (κ1) is 31.8. The smallest absolute Gasteiger partial charge is 0.410 e. The van der Waals surface area contributed by atoms with Crippen molar-refractivity contribution in [3.05, 3.63) is 66.5 Å². The van der Waals surface area contributed by atoms with E-state index in [2.05, 4.69) is 20.6 Å². The van der Waals surface area contributed by atoms with E-state index in [0.717, 1.165) is 53.3 Å². The normalized spacial score (nSPS) is 18.9. The van der Waals surface area contributed by atoms with Crippen molar-refractivity contribution in [2.75, 3.05) is 23.7 Å². The number of carbonyl (C=O) groups is 2. The molecule has 2 aromatic carbocycles. The molecule has 1 spiro atoms. The number of nitrogens with zero attached hydrogens (tertiary/aromatic N) is 4. The molecule has 2 amide bonds. The third-order valence-corrected chi connectivity index (χ3v) is 9.92. The van der Waals surface area contributed by atoms with Crippen LogP contribution in [-0.4, -0.2) is 56.6 Å². The number of benzene rings is 2. The lowest BCUT2D eigenvalue weighted by atomic mass is 9.51. The number of anilines is 2. The Hall–Kier alpha value is -4.73. The molecule has 3 heterocycles. The Labute approximate surface area is 281 Å². The van der Waals surface area contributed by atoms with E-state index in [-0.39, 0.29) is 24.0 Å². The van der Waals surface area contributed by atoms with Gasteiger partial charge in [0, 0.05) is 53.9 Å². The summed E-state index contributed by atoms with van der Waals surface area (Å²) in [5.74, 6) is 1.76. The summed E-state index contributed by atoms with van der Waals surface area (Å²) < 4.78 is 12.2. The maximum atomic E-state index is 13.2. The first-order valence-electron chi connectivity index (χ1n) is 17.1. The second-order valence-electron chi connectivity index (χ2n) is 14.7. The topological polar surface area (TPSA) is 119 Å². The van der Waals surface area contributed by atoms with Gasteiger partial charge in [0.15, 0.2) is 0 Å². The standard InChI is InChI=1S/C38H44N6O4/c1-24-13-14-27-28(10-5-12-30(27)42-33(45)25-21-38(22-25)16-8-17-38)32(24)47-34-29(11-6-18-39-34)31-15-19-40-35(43-31)41-26-9-7-20-44(23-26)36(46)48-37(2,3)4/h5-6,10-15,18-19,25-26H,7-9,16-17,20-23H2,1-4H3,(H,42,45)(H,40,41,43)/t26-/m0/s1. The van der Waals surface area contributed by atoms with Crippen molar-refractivity contribution >= 4 is 34.4 Å². The van der Waals surface area contributed by atoms with E-state index in [0.29, 0.717) is 41.8 Å². The second-order valence-corrected chi connectivity index (χ2v) is 14.7. The van der Waals surface area contributed by atoms with Gasteiger partial charge in [0.2, 0.25) is 17.7 Å². The van der Waals surface area contributed by atoms with Crippen LogP contribution in [0.4, 0.5) is 16.4 Å². The fourth-order valence-electron chi connectivity index (χ4n) is 7.29. The average molecular weight is 649 g/mol. The number of carbonyl (C=O) groups excluding carboxylic acids is 2. The number of rotatable bonds is 7. The zero-order valence-corrected chi connectivity index (χ0v) is 28.2. The molecule has 2 aromatic heterocycles. The van der Waals surface area contributed by atoms with E-state index in [1.807, 2.05) is 76.2 Å². The van der Waals surface area contributed by atoms with Gasteiger partial charge in [-0.2, -0.15) is 0 Å². The molecule has 10 nitrogen and oxygen atoms in total. The molecule has 1 aliphatic heterocycles. The zero-order chi connectivity index (χ0) is 33.5. The van der Waals surface area contributed by atoms with Gasteiger partial charge in [0.25, 0.3) is 0 Å². The van der Waals surface area contributed by atoms with Crippen LogP contribution < -0.4 is 15.4 Å². The van der Waals surface area contributed by atoms with Crippen molar-refractivity contribution in [1.29, 1.82) is 0 Å². The molecule has 3 aliphatic rings. The van der Waals surface area contributed by atoms with Gasteiger partial charge in [-0.15, -0.1) is 0 Å². The molecule has 0 radical (unpaired) electrons. The number of pyridine rings is 1. The Morgan fingerprint density at radius 1 is 0.958 bits per heavy atom. The Balaban J connectivity index is 1.09. The quantitative estimate of drug-likeness (QED) is 0.206. The molecule has 250 valence electrons. The molecule has 10 heteroatoms. The number of hydrogen-bond donors (Lipinski definition) is 2. The lowest BCUT2D eigenvalue weighted by Gasteiger charge is -2.53. The molecule has 2 N–H and O–H groups in total. The van der Waals surface area contributed by atoms with Crippen LogP contribution in [-0.2, 0) is 9.53 Å². The Bertz CT molecular complexity index is 1840. The lowest BCUT2D eigenvalue weighted by Crippen LogP contribution is -2.47. The highest BCUT2D eigenvalue weighted by molar-refractivity contribution is 6.05. The molecule has 1 saturated heterocycles. The van der Waals surface area contributed by atoms with Gasteiger partial charge in [0.1, 0.15) is 11.4 Å². The summed E-state index contributed by atoms with van der Waals surface area (Å²) in [6.07, 6.45) is 10.7. The average Bonchev–Trinajstić information content (AvgIpc) is 3.01. The van der Waals surface area contributed by atoms with Crippen LogP contribution in [0.1, 0.15) is 71.3 Å². The van der Waals surface area contributed by atoms with E-state index < -0.39 is 5.60 Å². The van der Waals surface area contributed by atoms with Gasteiger partial charge in [-0.1, -0.05) is 30.7 Å². The second kappa shape index (κ2) is 12.7. The number of aryl methyl sites for hydroxylation is 1. The van der Waals surface area contributed by atoms with E-state index in [1.54, 1.807) is 17.3 Å². The first-order valence-corrected chi connectivity index (χ1v) is 17.1. The summed E-state index contributed by atoms with van der Waals surface area (Å²) in [7, 11) is 0. The monoisotopic (exact) mass is 648 g/mol. The van der Waals surface area contributed by atoms with Crippen molar-refractivity contribution < 1.29 is 19.1 Å². The van der Waals surface area contributed by atoms with Crippen LogP contribution in [0.2, 0.25) is 0 Å². The minimum absolute atomic E-state index is 0.0113. The predicted octanol–water partition coefficient (Wildman–Crippen LogP) is 8.12. The maximum Gasteiger partial charge on any atom is 0.410 e. The highest BCUT2D eigenvalue weighted by Gasteiger charge is 2.50. The summed E-state index contributed by atoms with van der Waals surface area (Å²) >= 11 is 0. The van der Waals surface area contributed by atoms with E-state index in [4.69, 9.17) is 14.5 Å². The number of aromatic nitrogens is 3. The van der Waals surface area contributed by atoms with Crippen LogP contribution >= 0.6 is 0 Å². The minimum Gasteiger partial charge on any atom is -0.444 e. The third kappa shape index (κ3) is 6.66. The number of likely N-dealkylation sites (tertiary alicyclic amines) is 1. The highest BCUT2D eigenvalue weighted by atomic mass is 16.6. The molecule has 7 rings (SSSR count). The van der Waals surface area contributed by atoms with Gasteiger partial charge >= 0.3 is 6.09 Å². The van der Waals surface area contributed by atoms with Gasteiger partial charge < -0.3 is 25.0 Å². The zero-order valence-electron chi connectivity index (χ0n) is 28.2. The van der Waals surface area contributed by atoms with Crippen molar-refractivity contribution in [2.24, 2.45) is 11.3 Å². The number of fused-ring (bicyclic) bond motifs is 1. The van der Waals surface area contributed by atoms with Gasteiger partial charge in [-0.25, -0.2) is 19.7 Å². The molecule has 2 aliphatic carbocycles. The summed E-state index contributed by atoms with van der Waals surface area (Å²) in [5, 5.41) is 8.45. The Morgan fingerprint density at radius 2 is 1.79 bits per heavy atom. The summed E-state index contributed by atoms with van der Waals surface area (Å²) in [5.41, 5.74) is 3.01. The molecule has 1 atom stereocenters. The first-order chi connectivity index (χ1) is 23.1. The minimum atomic E-state index is -0.546. The van der Waals surface area contributed by atoms with Gasteiger partial charge in [-0.05, 0) is 101 Å². The summed E-state index contributed by atoms with van der Waals surface area (Å²) in [6.45, 7) is 8.79. The van der Waals surface area contributed by atoms with Crippen LogP contribution in [0.15, 0.2) is 60.9 Å². The fourth-order valence-corrected chi connectivity index (χ4v) is 7.29. The van der Waals surface area contributed by atoms with Crippen molar-refractivity contribution in [3.63, 3.8) is 0 Å². The third-order valence-electron chi connectivity index (χ3n) is 9.92. The van der Waals surface area contributed by atoms with Crippen molar-refractivity contribution in [1.82, 2.24) is 19.9 Å². The lowest BCUT2D eigenvalue weighted by molar-refractivity contribution is -0.131. The largest absolute Gasteiger partial charge is 0.444 e. The number of amides is 2. The van der Waals surface area contributed by atoms with Gasteiger partial charge in [0.05, 0.1) is 11.3 Å². The van der Waals surface area contributed by atoms with Crippen LogP contribution in [0.25, 0.3) is 22.0 Å². The van der Waals surface area contributed by atoms with Crippen LogP contribution in [0.3, 0.4) is 0 Å². The van der Waals surface area contributed by atoms with Crippen molar-refractivity contribution in [2.45, 2.75) is 84.3 Å². The molecule has 0 bridgehead atoms. The van der Waals surface area contributed by atoms with Gasteiger partial charge in [-0.3, -0.25) is 4.79 Å². The molecule has 0 unspecified atom stereocenters. The number of ether oxygens (including phenoxy) is 2. The van der Waals surface area contributed by atoms with Crippen LogP contribution in [0.5, 0.6) is 11.6 Å². The molecule has 4 aromatic rings. The Morgan fingerprint density at radius 3 is 2.56 bits per heavy atom. The van der Waals surface area contributed by atoms with Crippen LogP contribution in [0, 0.1) is 18.3 Å². The molecular weight excluding hydrogens is 604 g/mol. The molecule has 3 fully saturated rings. The molecular formula is C38H44N6O4. The van der Waals surface area contributed by atoms with Crippen molar-refractivity contribution in [3.8, 4) is 22.9 Å². The van der Waals surface area contributed by atoms with E-state index in [9.17, 15) is 9.59 Å². The Kier molecular flexibility index (Phi) is 8.43. The van der Waals surface area contributed by atoms with E-state index >= 15 is 0 Å². The molecule has 48 heavy (non-hydrogen) atoms. The summed E-state index contributed by atoms with van der Waals surface area (Å²) in [4.78, 5) is 41.5.